The van der Waals surface area contributed by atoms with Gasteiger partial charge in [-0.1, -0.05) is 36.4 Å². The van der Waals surface area contributed by atoms with E-state index in [-0.39, 0.29) is 12.4 Å². The van der Waals surface area contributed by atoms with Gasteiger partial charge in [-0.25, -0.2) is 4.79 Å². The van der Waals surface area contributed by atoms with Crippen molar-refractivity contribution in [1.29, 1.82) is 0 Å². The van der Waals surface area contributed by atoms with Crippen LogP contribution in [0.3, 0.4) is 0 Å². The molecule has 102 valence electrons. The van der Waals surface area contributed by atoms with Crippen molar-refractivity contribution in [2.75, 3.05) is 0 Å². The van der Waals surface area contributed by atoms with Crippen molar-refractivity contribution in [1.82, 2.24) is 9.78 Å². The van der Waals surface area contributed by atoms with Gasteiger partial charge in [0.1, 0.15) is 0 Å². The lowest BCUT2D eigenvalue weighted by molar-refractivity contribution is 0.148. The predicted molar refractivity (Wildman–Crippen MR) is 75.5 cm³/mol. The van der Waals surface area contributed by atoms with E-state index in [4.69, 9.17) is 4.42 Å². The minimum atomic E-state index is -0.796. The molecule has 1 atom stereocenters. The van der Waals surface area contributed by atoms with Crippen molar-refractivity contribution >= 4 is 11.3 Å². The molecule has 0 amide bonds. The fraction of sp³-hybridized carbons (Fsp3) is 0.143. The number of aromatic nitrogens is 2. The van der Waals surface area contributed by atoms with Gasteiger partial charge in [0.15, 0.2) is 0 Å². The fourth-order valence-corrected chi connectivity index (χ4v) is 2.51. The minimum Gasteiger partial charge on any atom is -0.387 e. The maximum Gasteiger partial charge on any atom is 0.437 e. The minimum absolute atomic E-state index is 0.0672. The van der Waals surface area contributed by atoms with Crippen LogP contribution < -0.4 is 5.76 Å². The van der Waals surface area contributed by atoms with E-state index in [1.54, 1.807) is 12.1 Å². The van der Waals surface area contributed by atoms with E-state index in [2.05, 4.69) is 5.10 Å². The smallest absolute Gasteiger partial charge is 0.387 e. The molecule has 0 aliphatic carbocycles. The third kappa shape index (κ3) is 2.56. The van der Waals surface area contributed by atoms with Gasteiger partial charge in [-0.3, -0.25) is 0 Å². The summed E-state index contributed by atoms with van der Waals surface area (Å²) in [6.45, 7) is 0.0672. The Morgan fingerprint density at radius 3 is 2.75 bits per heavy atom. The topological polar surface area (TPSA) is 68.3 Å². The molecular weight excluding hydrogens is 276 g/mol. The molecule has 0 fully saturated rings. The molecule has 3 rings (SSSR count). The van der Waals surface area contributed by atoms with Crippen LogP contribution in [0.1, 0.15) is 11.7 Å². The molecule has 1 aromatic carbocycles. The molecule has 1 N–H and O–H groups in total. The molecule has 3 aromatic rings. The van der Waals surface area contributed by atoms with Crippen LogP contribution in [0, 0.1) is 0 Å². The Hall–Kier alpha value is -2.18. The molecule has 0 aliphatic rings. The van der Waals surface area contributed by atoms with Crippen LogP contribution in [0.2, 0.25) is 0 Å². The number of thiophene rings is 1. The summed E-state index contributed by atoms with van der Waals surface area (Å²) in [5.41, 5.74) is 0.736. The highest BCUT2D eigenvalue weighted by molar-refractivity contribution is 7.13. The number of benzene rings is 1. The second kappa shape index (κ2) is 5.44. The van der Waals surface area contributed by atoms with E-state index in [0.717, 1.165) is 15.1 Å². The summed E-state index contributed by atoms with van der Waals surface area (Å²) >= 11 is 1.44. The number of rotatable bonds is 4. The van der Waals surface area contributed by atoms with Gasteiger partial charge < -0.3 is 9.52 Å². The number of nitrogens with zero attached hydrogens (tertiary/aromatic N) is 2. The van der Waals surface area contributed by atoms with E-state index in [0.29, 0.717) is 0 Å². The summed E-state index contributed by atoms with van der Waals surface area (Å²) in [5, 5.41) is 16.1. The molecule has 6 heteroatoms. The quantitative estimate of drug-likeness (QED) is 0.800. The summed E-state index contributed by atoms with van der Waals surface area (Å²) < 4.78 is 6.24. The zero-order valence-electron chi connectivity index (χ0n) is 10.5. The van der Waals surface area contributed by atoms with Gasteiger partial charge in [0.05, 0.1) is 17.5 Å². The Bertz CT molecular complexity index is 731. The molecule has 0 spiro atoms. The summed E-state index contributed by atoms with van der Waals surface area (Å²) in [7, 11) is 0. The number of aliphatic hydroxyl groups excluding tert-OH is 1. The standard InChI is InChI=1S/C14H12N2O3S/c17-11(10-5-2-1-3-6-10)9-16-14(18)19-13(15-16)12-7-4-8-20-12/h1-8,11,17H,9H2/t11-/m1/s1. The van der Waals surface area contributed by atoms with Crippen LogP contribution in [0.25, 0.3) is 10.8 Å². The van der Waals surface area contributed by atoms with Crippen LogP contribution >= 0.6 is 11.3 Å². The largest absolute Gasteiger partial charge is 0.437 e. The third-order valence-electron chi connectivity index (χ3n) is 2.87. The van der Waals surface area contributed by atoms with E-state index in [9.17, 15) is 9.90 Å². The van der Waals surface area contributed by atoms with Crippen LogP contribution in [0.15, 0.2) is 57.1 Å². The van der Waals surface area contributed by atoms with Crippen LogP contribution in [0.5, 0.6) is 0 Å². The Balaban J connectivity index is 1.83. The van der Waals surface area contributed by atoms with E-state index < -0.39 is 11.9 Å². The molecule has 0 unspecified atom stereocenters. The summed E-state index contributed by atoms with van der Waals surface area (Å²) in [5.74, 6) is -0.284. The van der Waals surface area contributed by atoms with Crippen LogP contribution in [0.4, 0.5) is 0 Å². The van der Waals surface area contributed by atoms with Crippen molar-refractivity contribution in [2.45, 2.75) is 12.6 Å². The Labute approximate surface area is 118 Å². The summed E-state index contributed by atoms with van der Waals surface area (Å²) in [6, 6.07) is 12.8. The SMILES string of the molecule is O=c1oc(-c2cccs2)nn1C[C@@H](O)c1ccccc1. The van der Waals surface area contributed by atoms with Crippen molar-refractivity contribution in [3.63, 3.8) is 0 Å². The first-order valence-corrected chi connectivity index (χ1v) is 6.97. The van der Waals surface area contributed by atoms with Crippen LogP contribution in [-0.2, 0) is 6.54 Å². The van der Waals surface area contributed by atoms with Gasteiger partial charge in [0.25, 0.3) is 5.89 Å². The van der Waals surface area contributed by atoms with Gasteiger partial charge in [-0.05, 0) is 17.0 Å². The molecule has 0 radical (unpaired) electrons. The van der Waals surface area contributed by atoms with E-state index in [1.807, 2.05) is 35.7 Å². The zero-order valence-corrected chi connectivity index (χ0v) is 11.3. The normalized spacial score (nSPS) is 12.4. The van der Waals surface area contributed by atoms with Crippen molar-refractivity contribution in [3.05, 3.63) is 64.0 Å². The second-order valence-electron chi connectivity index (χ2n) is 4.26. The lowest BCUT2D eigenvalue weighted by Crippen LogP contribution is -2.20. The first kappa shape index (κ1) is 12.8. The second-order valence-corrected chi connectivity index (χ2v) is 5.21. The lowest BCUT2D eigenvalue weighted by atomic mass is 10.1. The first-order chi connectivity index (χ1) is 9.74. The molecule has 5 nitrogen and oxygen atoms in total. The number of hydrogen-bond donors (Lipinski definition) is 1. The maximum atomic E-state index is 11.7. The van der Waals surface area contributed by atoms with Crippen molar-refractivity contribution < 1.29 is 9.52 Å². The molecule has 0 saturated carbocycles. The summed E-state index contributed by atoms with van der Waals surface area (Å²) in [4.78, 5) is 12.5. The Kier molecular flexibility index (Phi) is 3.49. The number of hydrogen-bond acceptors (Lipinski definition) is 5. The molecule has 2 aromatic heterocycles. The average Bonchev–Trinajstić information content (AvgIpc) is 3.10. The molecule has 0 aliphatic heterocycles. The van der Waals surface area contributed by atoms with Crippen molar-refractivity contribution in [2.24, 2.45) is 0 Å². The fourth-order valence-electron chi connectivity index (χ4n) is 1.87. The summed E-state index contributed by atoms with van der Waals surface area (Å²) in [6.07, 6.45) is -0.796. The van der Waals surface area contributed by atoms with Gasteiger partial charge in [-0.15, -0.1) is 16.4 Å². The molecular formula is C14H12N2O3S. The molecule has 20 heavy (non-hydrogen) atoms. The predicted octanol–water partition coefficient (Wildman–Crippen LogP) is 2.30. The van der Waals surface area contributed by atoms with Gasteiger partial charge in [-0.2, -0.15) is 4.68 Å². The van der Waals surface area contributed by atoms with Gasteiger partial charge in [0.2, 0.25) is 0 Å². The highest BCUT2D eigenvalue weighted by Crippen LogP contribution is 2.21. The van der Waals surface area contributed by atoms with E-state index in [1.165, 1.54) is 11.3 Å². The highest BCUT2D eigenvalue weighted by Gasteiger charge is 2.15. The molecule has 0 bridgehead atoms. The monoisotopic (exact) mass is 288 g/mol. The average molecular weight is 288 g/mol. The third-order valence-corrected chi connectivity index (χ3v) is 3.73. The van der Waals surface area contributed by atoms with Crippen molar-refractivity contribution in [3.8, 4) is 10.8 Å². The highest BCUT2D eigenvalue weighted by atomic mass is 32.1. The lowest BCUT2D eigenvalue weighted by Gasteiger charge is -2.09. The maximum absolute atomic E-state index is 11.7. The van der Waals surface area contributed by atoms with Gasteiger partial charge in [0, 0.05) is 0 Å². The zero-order chi connectivity index (χ0) is 13.9. The van der Waals surface area contributed by atoms with Crippen LogP contribution in [-0.4, -0.2) is 14.9 Å². The Morgan fingerprint density at radius 2 is 2.05 bits per heavy atom. The molecule has 2 heterocycles. The first-order valence-electron chi connectivity index (χ1n) is 6.09. The molecule has 0 saturated heterocycles. The van der Waals surface area contributed by atoms with E-state index >= 15 is 0 Å². The van der Waals surface area contributed by atoms with Gasteiger partial charge >= 0.3 is 5.76 Å². The Morgan fingerprint density at radius 1 is 1.25 bits per heavy atom. The number of aliphatic hydroxyl groups is 1.